The molecule has 0 aliphatic carbocycles. The molecule has 0 heterocycles. The van der Waals surface area contributed by atoms with Crippen molar-refractivity contribution < 1.29 is 9.53 Å². The van der Waals surface area contributed by atoms with Crippen LogP contribution in [0.3, 0.4) is 0 Å². The first kappa shape index (κ1) is 18.7. The molecule has 138 valence electrons. The van der Waals surface area contributed by atoms with E-state index in [0.717, 1.165) is 16.9 Å². The molecule has 0 unspecified atom stereocenters. The second-order valence-electron chi connectivity index (χ2n) is 7.60. The topological polar surface area (TPSA) is 29.5 Å². The first-order valence-electron chi connectivity index (χ1n) is 9.09. The van der Waals surface area contributed by atoms with Gasteiger partial charge in [-0.05, 0) is 53.8 Å². The molecule has 0 fully saturated rings. The van der Waals surface area contributed by atoms with Crippen LogP contribution in [-0.4, -0.2) is 6.09 Å². The van der Waals surface area contributed by atoms with Crippen LogP contribution < -0.4 is 9.64 Å². The zero-order chi connectivity index (χ0) is 19.4. The summed E-state index contributed by atoms with van der Waals surface area (Å²) >= 11 is 0. The number of para-hydroxylation sites is 2. The second-order valence-corrected chi connectivity index (χ2v) is 7.60. The van der Waals surface area contributed by atoms with Crippen LogP contribution >= 0.6 is 0 Å². The van der Waals surface area contributed by atoms with Gasteiger partial charge in [0.1, 0.15) is 5.75 Å². The fourth-order valence-electron chi connectivity index (χ4n) is 2.88. The molecule has 0 N–H and O–H groups in total. The summed E-state index contributed by atoms with van der Waals surface area (Å²) in [5.41, 5.74) is 3.72. The Morgan fingerprint density at radius 1 is 0.815 bits per heavy atom. The molecule has 0 aliphatic rings. The lowest BCUT2D eigenvalue weighted by Crippen LogP contribution is -2.29. The number of anilines is 2. The van der Waals surface area contributed by atoms with E-state index in [1.54, 1.807) is 4.90 Å². The molecule has 27 heavy (non-hydrogen) atoms. The zero-order valence-corrected chi connectivity index (χ0v) is 16.3. The lowest BCUT2D eigenvalue weighted by molar-refractivity contribution is 0.210. The van der Waals surface area contributed by atoms with Crippen molar-refractivity contribution in [2.75, 3.05) is 4.90 Å². The summed E-state index contributed by atoms with van der Waals surface area (Å²) in [6.45, 7) is 8.47. The number of ether oxygens (including phenoxy) is 1. The van der Waals surface area contributed by atoms with Gasteiger partial charge in [-0.3, -0.25) is 0 Å². The van der Waals surface area contributed by atoms with E-state index in [1.807, 2.05) is 79.7 Å². The van der Waals surface area contributed by atoms with Crippen LogP contribution in [0.15, 0.2) is 78.9 Å². The Morgan fingerprint density at radius 2 is 1.33 bits per heavy atom. The van der Waals surface area contributed by atoms with Crippen molar-refractivity contribution in [1.29, 1.82) is 0 Å². The summed E-state index contributed by atoms with van der Waals surface area (Å²) in [5, 5.41) is 0. The Morgan fingerprint density at radius 3 is 1.78 bits per heavy atom. The molecule has 0 saturated heterocycles. The number of hydrogen-bond acceptors (Lipinski definition) is 2. The van der Waals surface area contributed by atoms with Crippen LogP contribution in [0.4, 0.5) is 16.2 Å². The Labute approximate surface area is 161 Å². The van der Waals surface area contributed by atoms with Crippen LogP contribution in [0.5, 0.6) is 5.75 Å². The molecular weight excluding hydrogens is 334 g/mol. The standard InChI is InChI=1S/C24H25NO2/c1-18-17-19(24(2,3)4)15-16-22(18)27-23(26)25(20-11-7-5-8-12-20)21-13-9-6-10-14-21/h5-17H,1-4H3. The largest absolute Gasteiger partial charge is 0.424 e. The van der Waals surface area contributed by atoms with E-state index in [0.29, 0.717) is 5.75 Å². The van der Waals surface area contributed by atoms with E-state index < -0.39 is 6.09 Å². The maximum absolute atomic E-state index is 13.1. The van der Waals surface area contributed by atoms with Gasteiger partial charge >= 0.3 is 6.09 Å². The van der Waals surface area contributed by atoms with Crippen LogP contribution in [0.1, 0.15) is 31.9 Å². The number of rotatable bonds is 3. The molecule has 0 aromatic heterocycles. The first-order valence-corrected chi connectivity index (χ1v) is 9.09. The Kier molecular flexibility index (Phi) is 5.31. The fraction of sp³-hybridized carbons (Fsp3) is 0.208. The van der Waals surface area contributed by atoms with Crippen LogP contribution in [-0.2, 0) is 5.41 Å². The molecule has 0 spiro atoms. The zero-order valence-electron chi connectivity index (χ0n) is 16.3. The predicted molar refractivity (Wildman–Crippen MR) is 111 cm³/mol. The van der Waals surface area contributed by atoms with Gasteiger partial charge in [-0.15, -0.1) is 0 Å². The van der Waals surface area contributed by atoms with E-state index in [-0.39, 0.29) is 5.41 Å². The summed E-state index contributed by atoms with van der Waals surface area (Å²) in [7, 11) is 0. The van der Waals surface area contributed by atoms with Crippen LogP contribution in [0.2, 0.25) is 0 Å². The van der Waals surface area contributed by atoms with Gasteiger partial charge in [-0.25, -0.2) is 9.69 Å². The minimum absolute atomic E-state index is 0.0490. The minimum Gasteiger partial charge on any atom is -0.409 e. The highest BCUT2D eigenvalue weighted by Gasteiger charge is 2.21. The van der Waals surface area contributed by atoms with Gasteiger partial charge in [-0.1, -0.05) is 69.3 Å². The summed E-state index contributed by atoms with van der Waals surface area (Å²) in [4.78, 5) is 14.6. The van der Waals surface area contributed by atoms with E-state index in [4.69, 9.17) is 4.74 Å². The van der Waals surface area contributed by atoms with E-state index >= 15 is 0 Å². The second kappa shape index (κ2) is 7.67. The average Bonchev–Trinajstić information content (AvgIpc) is 2.64. The van der Waals surface area contributed by atoms with Gasteiger partial charge in [0.05, 0.1) is 11.4 Å². The van der Waals surface area contributed by atoms with E-state index in [1.165, 1.54) is 5.56 Å². The normalized spacial score (nSPS) is 11.1. The van der Waals surface area contributed by atoms with Gasteiger partial charge in [-0.2, -0.15) is 0 Å². The number of hydrogen-bond donors (Lipinski definition) is 0. The summed E-state index contributed by atoms with van der Waals surface area (Å²) in [6, 6.07) is 25.0. The van der Waals surface area contributed by atoms with Crippen molar-refractivity contribution in [1.82, 2.24) is 0 Å². The lowest BCUT2D eigenvalue weighted by atomic mass is 9.86. The van der Waals surface area contributed by atoms with Crippen molar-refractivity contribution >= 4 is 17.5 Å². The van der Waals surface area contributed by atoms with Crippen molar-refractivity contribution in [3.63, 3.8) is 0 Å². The van der Waals surface area contributed by atoms with Gasteiger partial charge in [0.25, 0.3) is 0 Å². The number of carbonyl (C=O) groups is 1. The number of carbonyl (C=O) groups excluding carboxylic acids is 1. The third kappa shape index (κ3) is 4.37. The molecule has 0 saturated carbocycles. The smallest absolute Gasteiger partial charge is 0.409 e. The molecule has 0 atom stereocenters. The Hall–Kier alpha value is -3.07. The monoisotopic (exact) mass is 359 g/mol. The molecule has 0 aliphatic heterocycles. The average molecular weight is 359 g/mol. The van der Waals surface area contributed by atoms with Crippen molar-refractivity contribution in [3.05, 3.63) is 90.0 Å². The van der Waals surface area contributed by atoms with E-state index in [9.17, 15) is 4.79 Å². The number of nitrogens with zero attached hydrogens (tertiary/aromatic N) is 1. The molecule has 0 radical (unpaired) electrons. The molecule has 3 nitrogen and oxygen atoms in total. The molecule has 0 bridgehead atoms. The Balaban J connectivity index is 1.92. The molecule has 3 heteroatoms. The van der Waals surface area contributed by atoms with Crippen molar-refractivity contribution in [2.45, 2.75) is 33.1 Å². The van der Waals surface area contributed by atoms with Gasteiger partial charge in [0.2, 0.25) is 0 Å². The molecular formula is C24H25NO2. The molecule has 3 aromatic carbocycles. The molecule has 1 amide bonds. The highest BCUT2D eigenvalue weighted by Crippen LogP contribution is 2.30. The summed E-state index contributed by atoms with van der Waals surface area (Å²) in [6.07, 6.45) is -0.431. The maximum atomic E-state index is 13.1. The van der Waals surface area contributed by atoms with Gasteiger partial charge < -0.3 is 4.74 Å². The van der Waals surface area contributed by atoms with Crippen LogP contribution in [0.25, 0.3) is 0 Å². The van der Waals surface area contributed by atoms with Crippen molar-refractivity contribution in [3.8, 4) is 5.75 Å². The predicted octanol–water partition coefficient (Wildman–Crippen LogP) is 6.63. The molecule has 3 rings (SSSR count). The fourth-order valence-corrected chi connectivity index (χ4v) is 2.88. The van der Waals surface area contributed by atoms with Crippen molar-refractivity contribution in [2.24, 2.45) is 0 Å². The summed E-state index contributed by atoms with van der Waals surface area (Å²) < 4.78 is 5.77. The maximum Gasteiger partial charge on any atom is 0.424 e. The van der Waals surface area contributed by atoms with Gasteiger partial charge in [0.15, 0.2) is 0 Å². The molecule has 3 aromatic rings. The van der Waals surface area contributed by atoms with E-state index in [2.05, 4.69) is 26.8 Å². The highest BCUT2D eigenvalue weighted by atomic mass is 16.6. The third-order valence-corrected chi connectivity index (χ3v) is 4.45. The SMILES string of the molecule is Cc1cc(C(C)(C)C)ccc1OC(=O)N(c1ccccc1)c1ccccc1. The highest BCUT2D eigenvalue weighted by molar-refractivity contribution is 5.97. The number of amides is 1. The lowest BCUT2D eigenvalue weighted by Gasteiger charge is -2.24. The Bertz CT molecular complexity index is 873. The van der Waals surface area contributed by atoms with Crippen LogP contribution in [0, 0.1) is 6.92 Å². The summed E-state index contributed by atoms with van der Waals surface area (Å²) in [5.74, 6) is 0.574. The van der Waals surface area contributed by atoms with Gasteiger partial charge in [0, 0.05) is 0 Å². The third-order valence-electron chi connectivity index (χ3n) is 4.45. The first-order chi connectivity index (χ1) is 12.9. The number of aryl methyl sites for hydroxylation is 1. The minimum atomic E-state index is -0.431. The number of benzene rings is 3. The quantitative estimate of drug-likeness (QED) is 0.525.